The molecule has 3 nitrogen and oxygen atoms in total. The highest BCUT2D eigenvalue weighted by molar-refractivity contribution is 7.98. The first kappa shape index (κ1) is 13.3. The Kier molecular flexibility index (Phi) is 5.32. The molecule has 0 aromatic rings. The van der Waals surface area contributed by atoms with Crippen molar-refractivity contribution in [3.8, 4) is 0 Å². The maximum absolute atomic E-state index is 11.3. The van der Waals surface area contributed by atoms with Crippen LogP contribution in [0.1, 0.15) is 13.8 Å². The summed E-state index contributed by atoms with van der Waals surface area (Å²) in [6.07, 6.45) is 3.31. The average Bonchev–Trinajstić information content (AvgIpc) is 1.96. The van der Waals surface area contributed by atoms with Gasteiger partial charge in [0.1, 0.15) is 0 Å². The van der Waals surface area contributed by atoms with Gasteiger partial charge in [0.05, 0.1) is 4.75 Å². The lowest BCUT2D eigenvalue weighted by Gasteiger charge is -2.22. The van der Waals surface area contributed by atoms with Gasteiger partial charge in [-0.05, 0) is 20.1 Å². The van der Waals surface area contributed by atoms with Crippen LogP contribution in [-0.2, 0) is 9.84 Å². The molecule has 0 saturated carbocycles. The Morgan fingerprint density at radius 2 is 1.92 bits per heavy atom. The van der Waals surface area contributed by atoms with Crippen LogP contribution in [0.5, 0.6) is 0 Å². The molecule has 0 amide bonds. The highest BCUT2D eigenvalue weighted by atomic mass is 32.2. The minimum Gasteiger partial charge on any atom is -0.314 e. The van der Waals surface area contributed by atoms with Gasteiger partial charge in [0.15, 0.2) is 9.84 Å². The van der Waals surface area contributed by atoms with Crippen LogP contribution in [0.15, 0.2) is 0 Å². The molecule has 0 bridgehead atoms. The van der Waals surface area contributed by atoms with Gasteiger partial charge < -0.3 is 5.32 Å². The molecule has 0 heterocycles. The van der Waals surface area contributed by atoms with Crippen molar-refractivity contribution in [3.05, 3.63) is 0 Å². The van der Waals surface area contributed by atoms with E-state index in [2.05, 4.69) is 5.32 Å². The minimum absolute atomic E-state index is 0.520. The summed E-state index contributed by atoms with van der Waals surface area (Å²) in [5, 5.41) is 3.13. The Balaban J connectivity index is 3.91. The number of hydrogen-bond donors (Lipinski definition) is 1. The third-order valence-corrected chi connectivity index (χ3v) is 4.80. The van der Waals surface area contributed by atoms with Crippen molar-refractivity contribution in [2.45, 2.75) is 18.6 Å². The quantitative estimate of drug-likeness (QED) is 0.678. The van der Waals surface area contributed by atoms with E-state index in [0.29, 0.717) is 6.54 Å². The summed E-state index contributed by atoms with van der Waals surface area (Å²) in [4.78, 5) is 0. The van der Waals surface area contributed by atoms with E-state index in [-0.39, 0.29) is 0 Å². The largest absolute Gasteiger partial charge is 0.314 e. The van der Waals surface area contributed by atoms with E-state index < -0.39 is 14.6 Å². The van der Waals surface area contributed by atoms with Gasteiger partial charge in [0.2, 0.25) is 0 Å². The molecule has 0 radical (unpaired) electrons. The number of thioether (sulfide) groups is 1. The fourth-order valence-corrected chi connectivity index (χ4v) is 1.41. The number of rotatable bonds is 6. The maximum atomic E-state index is 11.3. The molecule has 0 aromatic carbocycles. The van der Waals surface area contributed by atoms with Gasteiger partial charge in [-0.3, -0.25) is 0 Å². The predicted octanol–water partition coefficient (Wildman–Crippen LogP) is 0.762. The number of sulfone groups is 1. The summed E-state index contributed by atoms with van der Waals surface area (Å²) < 4.78 is 21.9. The third kappa shape index (κ3) is 4.88. The van der Waals surface area contributed by atoms with Crippen LogP contribution in [0, 0.1) is 0 Å². The molecule has 0 saturated heterocycles. The van der Waals surface area contributed by atoms with Crippen molar-refractivity contribution in [2.24, 2.45) is 0 Å². The zero-order valence-corrected chi connectivity index (χ0v) is 10.4. The number of hydrogen-bond acceptors (Lipinski definition) is 4. The van der Waals surface area contributed by atoms with E-state index in [4.69, 9.17) is 0 Å². The molecule has 0 spiro atoms. The molecule has 0 atom stereocenters. The third-order valence-electron chi connectivity index (χ3n) is 2.04. The van der Waals surface area contributed by atoms with E-state index >= 15 is 0 Å². The van der Waals surface area contributed by atoms with E-state index in [1.165, 1.54) is 6.26 Å². The maximum Gasteiger partial charge on any atom is 0.153 e. The van der Waals surface area contributed by atoms with Crippen molar-refractivity contribution in [1.82, 2.24) is 5.32 Å². The highest BCUT2D eigenvalue weighted by Crippen LogP contribution is 2.13. The summed E-state index contributed by atoms with van der Waals surface area (Å²) in [5.41, 5.74) is 0. The standard InChI is InChI=1S/C8H19NO2S2/c1-8(2,13(4,10)11)7-9-5-6-12-3/h9H,5-7H2,1-4H3. The Hall–Kier alpha value is 0.260. The SMILES string of the molecule is CSCCNCC(C)(C)S(C)(=O)=O. The molecule has 1 N–H and O–H groups in total. The molecule has 5 heteroatoms. The molecule has 80 valence electrons. The summed E-state index contributed by atoms with van der Waals surface area (Å²) in [6.45, 7) is 4.87. The molecule has 0 rings (SSSR count). The lowest BCUT2D eigenvalue weighted by Crippen LogP contribution is -2.42. The van der Waals surface area contributed by atoms with Crippen molar-refractivity contribution < 1.29 is 8.42 Å². The molecular formula is C8H19NO2S2. The first-order valence-corrected chi connectivity index (χ1v) is 7.49. The van der Waals surface area contributed by atoms with E-state index in [1.54, 1.807) is 25.6 Å². The lowest BCUT2D eigenvalue weighted by atomic mass is 10.2. The summed E-state index contributed by atoms with van der Waals surface area (Å²) in [7, 11) is -2.96. The molecule has 0 aromatic heterocycles. The van der Waals surface area contributed by atoms with Crippen LogP contribution in [0.4, 0.5) is 0 Å². The van der Waals surface area contributed by atoms with Crippen LogP contribution < -0.4 is 5.32 Å². The molecule has 13 heavy (non-hydrogen) atoms. The average molecular weight is 225 g/mol. The van der Waals surface area contributed by atoms with Gasteiger partial charge in [-0.15, -0.1) is 0 Å². The van der Waals surface area contributed by atoms with Gasteiger partial charge in [-0.2, -0.15) is 11.8 Å². The Labute approximate surface area is 85.6 Å². The topological polar surface area (TPSA) is 46.2 Å². The van der Waals surface area contributed by atoms with E-state index in [9.17, 15) is 8.42 Å². The molecule has 0 aliphatic rings. The molecule has 0 fully saturated rings. The fraction of sp³-hybridized carbons (Fsp3) is 1.00. The first-order chi connectivity index (χ1) is 5.81. The van der Waals surface area contributed by atoms with E-state index in [0.717, 1.165) is 12.3 Å². The fourth-order valence-electron chi connectivity index (χ4n) is 0.695. The van der Waals surface area contributed by atoms with Gasteiger partial charge in [0.25, 0.3) is 0 Å². The van der Waals surface area contributed by atoms with Gasteiger partial charge >= 0.3 is 0 Å². The van der Waals surface area contributed by atoms with Crippen molar-refractivity contribution in [1.29, 1.82) is 0 Å². The van der Waals surface area contributed by atoms with Gasteiger partial charge in [0, 0.05) is 25.1 Å². The van der Waals surface area contributed by atoms with Crippen LogP contribution in [-0.4, -0.2) is 44.5 Å². The Morgan fingerprint density at radius 1 is 1.38 bits per heavy atom. The normalized spacial score (nSPS) is 13.2. The molecule has 0 aliphatic carbocycles. The predicted molar refractivity (Wildman–Crippen MR) is 60.2 cm³/mol. The van der Waals surface area contributed by atoms with Gasteiger partial charge in [-0.25, -0.2) is 8.42 Å². The monoisotopic (exact) mass is 225 g/mol. The second kappa shape index (κ2) is 5.22. The summed E-state index contributed by atoms with van der Waals surface area (Å²) in [5.74, 6) is 1.01. The van der Waals surface area contributed by atoms with Crippen LogP contribution in [0.3, 0.4) is 0 Å². The molecule has 0 aliphatic heterocycles. The van der Waals surface area contributed by atoms with E-state index in [1.807, 2.05) is 6.26 Å². The Morgan fingerprint density at radius 3 is 2.31 bits per heavy atom. The number of nitrogens with one attached hydrogen (secondary N) is 1. The molecule has 0 unspecified atom stereocenters. The second-order valence-electron chi connectivity index (χ2n) is 3.70. The van der Waals surface area contributed by atoms with Crippen LogP contribution in [0.2, 0.25) is 0 Å². The highest BCUT2D eigenvalue weighted by Gasteiger charge is 2.29. The first-order valence-electron chi connectivity index (χ1n) is 4.20. The smallest absolute Gasteiger partial charge is 0.153 e. The lowest BCUT2D eigenvalue weighted by molar-refractivity contribution is 0.528. The molecular weight excluding hydrogens is 206 g/mol. The zero-order chi connectivity index (χ0) is 10.5. The van der Waals surface area contributed by atoms with Gasteiger partial charge in [-0.1, -0.05) is 0 Å². The second-order valence-corrected chi connectivity index (χ2v) is 7.34. The minimum atomic E-state index is -2.96. The Bertz CT molecular complexity index is 235. The van der Waals surface area contributed by atoms with Crippen molar-refractivity contribution in [2.75, 3.05) is 31.4 Å². The van der Waals surface area contributed by atoms with Crippen molar-refractivity contribution >= 4 is 21.6 Å². The zero-order valence-electron chi connectivity index (χ0n) is 8.75. The van der Waals surface area contributed by atoms with Crippen LogP contribution in [0.25, 0.3) is 0 Å². The van der Waals surface area contributed by atoms with Crippen molar-refractivity contribution in [3.63, 3.8) is 0 Å². The van der Waals surface area contributed by atoms with Crippen LogP contribution >= 0.6 is 11.8 Å². The summed E-state index contributed by atoms with van der Waals surface area (Å²) >= 11 is 1.75. The summed E-state index contributed by atoms with van der Waals surface area (Å²) in [6, 6.07) is 0.